The molecule has 2 atom stereocenters. The number of nitrogens with one attached hydrogen (secondary N) is 1. The van der Waals surface area contributed by atoms with Gasteiger partial charge in [-0.1, -0.05) is 36.2 Å². The topological polar surface area (TPSA) is 94.9 Å². The van der Waals surface area contributed by atoms with E-state index in [0.29, 0.717) is 5.57 Å². The van der Waals surface area contributed by atoms with Gasteiger partial charge in [-0.05, 0) is 11.6 Å². The van der Waals surface area contributed by atoms with Crippen LogP contribution in [0.5, 0.6) is 5.75 Å². The average molecular weight is 457 g/mol. The Hall–Kier alpha value is -3.77. The van der Waals surface area contributed by atoms with Gasteiger partial charge in [0.2, 0.25) is 5.43 Å². The van der Waals surface area contributed by atoms with Crippen LogP contribution in [0.25, 0.3) is 0 Å². The molecule has 1 saturated heterocycles. The molecule has 0 unspecified atom stereocenters. The van der Waals surface area contributed by atoms with Crippen molar-refractivity contribution in [1.29, 1.82) is 0 Å². The van der Waals surface area contributed by atoms with E-state index in [-0.39, 0.29) is 35.3 Å². The van der Waals surface area contributed by atoms with E-state index in [0.717, 1.165) is 0 Å². The van der Waals surface area contributed by atoms with Crippen LogP contribution in [0, 0.1) is 24.1 Å². The van der Waals surface area contributed by atoms with Gasteiger partial charge in [0.15, 0.2) is 11.4 Å². The number of hydrogen-bond donors (Lipinski definition) is 2. The number of pyridine rings is 1. The maximum Gasteiger partial charge on any atom is 0.278 e. The second-order valence-corrected chi connectivity index (χ2v) is 7.92. The summed E-state index contributed by atoms with van der Waals surface area (Å²) >= 11 is 5.75. The second kappa shape index (κ2) is 7.73. The predicted molar refractivity (Wildman–Crippen MR) is 115 cm³/mol. The van der Waals surface area contributed by atoms with Gasteiger partial charge < -0.3 is 15.3 Å². The highest BCUT2D eigenvalue weighted by atomic mass is 35.5. The summed E-state index contributed by atoms with van der Waals surface area (Å²) in [5, 5.41) is 14.5. The monoisotopic (exact) mass is 456 g/mol. The summed E-state index contributed by atoms with van der Waals surface area (Å²) in [6, 6.07) is 4.33. The Morgan fingerprint density at radius 2 is 2.16 bits per heavy atom. The molecule has 0 aliphatic carbocycles. The molecule has 32 heavy (non-hydrogen) atoms. The Kier molecular flexibility index (Phi) is 5.18. The van der Waals surface area contributed by atoms with E-state index in [1.807, 2.05) is 0 Å². The van der Waals surface area contributed by atoms with Crippen molar-refractivity contribution in [2.24, 2.45) is 5.92 Å². The minimum atomic E-state index is -1.02. The zero-order valence-corrected chi connectivity index (χ0v) is 17.7. The number of aromatic hydroxyl groups is 1. The molecule has 2 amide bonds. The zero-order valence-electron chi connectivity index (χ0n) is 16.9. The van der Waals surface area contributed by atoms with E-state index < -0.39 is 40.5 Å². The number of likely N-dealkylation sites (N-methyl/N-ethyl adjacent to an activating group) is 1. The number of carbonyl (C=O) groups excluding carboxylic acids is 2. The Bertz CT molecular complexity index is 1280. The quantitative estimate of drug-likeness (QED) is 0.538. The molecule has 2 aromatic rings. The number of hydrogen-bond acceptors (Lipinski definition) is 5. The predicted octanol–water partition coefficient (Wildman–Crippen LogP) is 1.45. The van der Waals surface area contributed by atoms with Crippen molar-refractivity contribution < 1.29 is 19.1 Å². The summed E-state index contributed by atoms with van der Waals surface area (Å²) in [7, 11) is 1.51. The molecule has 1 aromatic heterocycles. The van der Waals surface area contributed by atoms with Crippen LogP contribution < -0.4 is 15.8 Å². The highest BCUT2D eigenvalue weighted by Crippen LogP contribution is 2.34. The van der Waals surface area contributed by atoms with Crippen molar-refractivity contribution >= 4 is 23.4 Å². The fraction of sp³-hybridized carbons (Fsp3) is 0.227. The van der Waals surface area contributed by atoms with E-state index in [1.54, 1.807) is 5.01 Å². The zero-order chi connectivity index (χ0) is 23.3. The van der Waals surface area contributed by atoms with Crippen molar-refractivity contribution in [3.8, 4) is 18.1 Å². The van der Waals surface area contributed by atoms with Gasteiger partial charge in [0, 0.05) is 25.4 Å². The van der Waals surface area contributed by atoms with Crippen molar-refractivity contribution in [1.82, 2.24) is 14.9 Å². The first-order chi connectivity index (χ1) is 15.2. The molecule has 2 N–H and O–H groups in total. The Labute approximate surface area is 187 Å². The first-order valence-electron chi connectivity index (χ1n) is 9.56. The van der Waals surface area contributed by atoms with E-state index in [9.17, 15) is 23.9 Å². The number of benzene rings is 1. The third-order valence-electron chi connectivity index (χ3n) is 5.68. The van der Waals surface area contributed by atoms with E-state index in [4.69, 9.17) is 18.0 Å². The van der Waals surface area contributed by atoms with Gasteiger partial charge in [-0.25, -0.2) is 4.39 Å². The lowest BCUT2D eigenvalue weighted by Gasteiger charge is -2.41. The van der Waals surface area contributed by atoms with Crippen LogP contribution in [0.15, 0.2) is 41.3 Å². The number of terminal acetylenes is 1. The molecular weight excluding hydrogens is 439 g/mol. The molecule has 0 saturated carbocycles. The highest BCUT2D eigenvalue weighted by molar-refractivity contribution is 6.30. The molecule has 1 fully saturated rings. The van der Waals surface area contributed by atoms with Gasteiger partial charge in [0.1, 0.15) is 17.5 Å². The molecular formula is C22H18ClFN4O4. The Balaban J connectivity index is 1.73. The summed E-state index contributed by atoms with van der Waals surface area (Å²) in [5.74, 6) is -0.787. The molecule has 8 nitrogen and oxygen atoms in total. The van der Waals surface area contributed by atoms with Crippen molar-refractivity contribution in [3.63, 3.8) is 0 Å². The lowest BCUT2D eigenvalue weighted by atomic mass is 10.0. The molecule has 0 spiro atoms. The molecule has 2 aliphatic rings. The fourth-order valence-corrected chi connectivity index (χ4v) is 4.17. The van der Waals surface area contributed by atoms with Crippen LogP contribution in [0.3, 0.4) is 0 Å². The number of rotatable bonds is 3. The van der Waals surface area contributed by atoms with Crippen LogP contribution >= 0.6 is 11.6 Å². The van der Waals surface area contributed by atoms with Gasteiger partial charge in [-0.2, -0.15) is 0 Å². The summed E-state index contributed by atoms with van der Waals surface area (Å²) in [5.41, 5.74) is -0.990. The molecule has 0 bridgehead atoms. The number of aromatic nitrogens is 1. The Morgan fingerprint density at radius 1 is 1.44 bits per heavy atom. The molecule has 4 rings (SSSR count). The highest BCUT2D eigenvalue weighted by Gasteiger charge is 2.46. The van der Waals surface area contributed by atoms with E-state index in [2.05, 4.69) is 17.8 Å². The number of halogens is 2. The molecule has 10 heteroatoms. The number of fused-ring (bicyclic) bond motifs is 3. The largest absolute Gasteiger partial charge is 0.502 e. The van der Waals surface area contributed by atoms with Crippen molar-refractivity contribution in [2.75, 3.05) is 18.6 Å². The third-order valence-corrected chi connectivity index (χ3v) is 5.97. The number of nitrogens with zero attached hydrogens (tertiary/aromatic N) is 3. The van der Waals surface area contributed by atoms with Crippen LogP contribution in [0.4, 0.5) is 4.39 Å². The first kappa shape index (κ1) is 21.5. The molecule has 164 valence electrons. The summed E-state index contributed by atoms with van der Waals surface area (Å²) in [4.78, 5) is 39.6. The maximum atomic E-state index is 14.1. The van der Waals surface area contributed by atoms with Gasteiger partial charge in [-0.3, -0.25) is 24.1 Å². The van der Waals surface area contributed by atoms with Crippen LogP contribution in [-0.2, 0) is 6.54 Å². The summed E-state index contributed by atoms with van der Waals surface area (Å²) < 4.78 is 15.4. The van der Waals surface area contributed by atoms with Gasteiger partial charge >= 0.3 is 0 Å². The minimum absolute atomic E-state index is 0.103. The van der Waals surface area contributed by atoms with Crippen molar-refractivity contribution in [2.45, 2.75) is 12.7 Å². The summed E-state index contributed by atoms with van der Waals surface area (Å²) in [6.45, 7) is 4.01. The minimum Gasteiger partial charge on any atom is -0.502 e. The number of amides is 2. The summed E-state index contributed by atoms with van der Waals surface area (Å²) in [6.07, 6.45) is 6.14. The second-order valence-electron chi connectivity index (χ2n) is 7.52. The van der Waals surface area contributed by atoms with Gasteiger partial charge in [0.25, 0.3) is 11.8 Å². The van der Waals surface area contributed by atoms with Gasteiger partial charge in [-0.15, -0.1) is 6.42 Å². The maximum absolute atomic E-state index is 14.1. The normalized spacial score (nSPS) is 19.4. The van der Waals surface area contributed by atoms with Crippen LogP contribution in [0.2, 0.25) is 5.02 Å². The third kappa shape index (κ3) is 3.11. The lowest BCUT2D eigenvalue weighted by molar-refractivity contribution is 0.0684. The van der Waals surface area contributed by atoms with E-state index in [1.165, 1.54) is 41.0 Å². The first-order valence-corrected chi connectivity index (χ1v) is 9.93. The smallest absolute Gasteiger partial charge is 0.278 e. The van der Waals surface area contributed by atoms with Crippen LogP contribution in [0.1, 0.15) is 26.4 Å². The standard InChI is InChI=1S/C22H18ClFN4O4/c1-4-12-9-28-21(11(12)2)26(3)22(32)17-19(30)18(29)14(10-27(17)28)20(31)25-8-13-6-5-7-15(23)16(13)24/h1,5-7,10,12,21,30H,2,8-9H2,3H3,(H,25,31)/t12-,21+/m1/s1. The molecule has 0 radical (unpaired) electrons. The fourth-order valence-electron chi connectivity index (χ4n) is 3.98. The number of carbonyl (C=O) groups is 2. The SMILES string of the molecule is C#C[C@@H]1CN2[C@@H](C1=C)N(C)C(=O)c1c(O)c(=O)c(C(=O)NCc3cccc(Cl)c3F)cn12. The molecule has 2 aliphatic heterocycles. The average Bonchev–Trinajstić information content (AvgIpc) is 3.11. The van der Waals surface area contributed by atoms with Crippen LogP contribution in [-0.4, -0.2) is 46.3 Å². The van der Waals surface area contributed by atoms with Crippen molar-refractivity contribution in [3.05, 3.63) is 74.4 Å². The van der Waals surface area contributed by atoms with E-state index >= 15 is 0 Å². The van der Waals surface area contributed by atoms with Gasteiger partial charge in [0.05, 0.1) is 17.5 Å². The molecule has 3 heterocycles. The lowest BCUT2D eigenvalue weighted by Crippen LogP contribution is -2.57. The Morgan fingerprint density at radius 3 is 2.84 bits per heavy atom. The molecule has 1 aromatic carbocycles.